The lowest BCUT2D eigenvalue weighted by Crippen LogP contribution is -2.12. The lowest BCUT2D eigenvalue weighted by molar-refractivity contribution is -0.141. The minimum Gasteiger partial charge on any atom is -0.481 e. The average molecular weight is 410 g/mol. The number of rotatable bonds is 6. The van der Waals surface area contributed by atoms with Crippen LogP contribution in [0, 0.1) is 11.7 Å². The topological polar surface area (TPSA) is 117 Å². The van der Waals surface area contributed by atoms with Crippen molar-refractivity contribution in [2.24, 2.45) is 5.92 Å². The van der Waals surface area contributed by atoms with E-state index in [1.807, 2.05) is 12.1 Å². The van der Waals surface area contributed by atoms with Crippen molar-refractivity contribution in [1.82, 2.24) is 10.2 Å². The molecule has 154 valence electrons. The highest BCUT2D eigenvalue weighted by Gasteiger charge is 2.30. The Hall–Kier alpha value is -3.75. The van der Waals surface area contributed by atoms with Gasteiger partial charge in [-0.2, -0.15) is 0 Å². The van der Waals surface area contributed by atoms with Crippen molar-refractivity contribution >= 4 is 29.3 Å². The Kier molecular flexibility index (Phi) is 5.42. The van der Waals surface area contributed by atoms with Crippen molar-refractivity contribution in [2.75, 3.05) is 10.6 Å². The first-order valence-electron chi connectivity index (χ1n) is 9.49. The molecule has 0 bridgehead atoms. The van der Waals surface area contributed by atoms with E-state index in [9.17, 15) is 14.0 Å². The summed E-state index contributed by atoms with van der Waals surface area (Å²) in [4.78, 5) is 23.5. The van der Waals surface area contributed by atoms with E-state index in [1.165, 1.54) is 12.1 Å². The number of aromatic nitrogens is 2. The van der Waals surface area contributed by atoms with Gasteiger partial charge in [0.25, 0.3) is 0 Å². The highest BCUT2D eigenvalue weighted by molar-refractivity contribution is 6.00. The van der Waals surface area contributed by atoms with Crippen LogP contribution in [0.1, 0.15) is 41.4 Å². The number of nitrogens with zero attached hydrogens (tertiary/aromatic N) is 2. The number of nitrogens with one attached hydrogen (secondary N) is 2. The molecule has 30 heavy (non-hydrogen) atoms. The normalized spacial score (nSPS) is 18.2. The van der Waals surface area contributed by atoms with Gasteiger partial charge in [0, 0.05) is 5.69 Å². The highest BCUT2D eigenvalue weighted by atomic mass is 19.1. The van der Waals surface area contributed by atoms with E-state index < -0.39 is 17.7 Å². The predicted octanol–water partition coefficient (Wildman–Crippen LogP) is 4.17. The molecule has 1 aliphatic rings. The van der Waals surface area contributed by atoms with Gasteiger partial charge in [0.1, 0.15) is 5.82 Å². The number of carboxylic acids is 1. The van der Waals surface area contributed by atoms with Crippen LogP contribution < -0.4 is 10.6 Å². The van der Waals surface area contributed by atoms with Crippen LogP contribution in [0.15, 0.2) is 52.9 Å². The Balaban J connectivity index is 1.37. The molecule has 0 spiro atoms. The predicted molar refractivity (Wildman–Crippen MR) is 106 cm³/mol. The van der Waals surface area contributed by atoms with Gasteiger partial charge in [0.2, 0.25) is 0 Å². The summed E-state index contributed by atoms with van der Waals surface area (Å²) in [7, 11) is 0. The van der Waals surface area contributed by atoms with E-state index >= 15 is 0 Å². The van der Waals surface area contributed by atoms with Crippen molar-refractivity contribution in [3.8, 4) is 0 Å². The second-order valence-electron chi connectivity index (χ2n) is 7.14. The Labute approximate surface area is 171 Å². The average Bonchev–Trinajstić information content (AvgIpc) is 3.40. The largest absolute Gasteiger partial charge is 0.481 e. The smallest absolute Gasteiger partial charge is 0.320 e. The number of anilines is 3. The zero-order valence-electron chi connectivity index (χ0n) is 15.8. The van der Waals surface area contributed by atoms with Crippen molar-refractivity contribution in [3.05, 3.63) is 65.8 Å². The van der Waals surface area contributed by atoms with Gasteiger partial charge in [0.05, 0.1) is 11.6 Å². The monoisotopic (exact) mass is 410 g/mol. The van der Waals surface area contributed by atoms with Crippen molar-refractivity contribution in [2.45, 2.75) is 25.2 Å². The van der Waals surface area contributed by atoms with Crippen LogP contribution in [0.2, 0.25) is 0 Å². The van der Waals surface area contributed by atoms with Crippen molar-refractivity contribution in [3.63, 3.8) is 0 Å². The summed E-state index contributed by atoms with van der Waals surface area (Å²) in [5.74, 6) is -2.18. The first-order chi connectivity index (χ1) is 14.5. The molecular weight excluding hydrogens is 391 g/mol. The molecule has 1 fully saturated rings. The number of carboxylic acid groups (broad SMARTS) is 1. The Morgan fingerprint density at radius 3 is 2.53 bits per heavy atom. The molecule has 1 amide bonds. The Morgan fingerprint density at radius 2 is 1.83 bits per heavy atom. The summed E-state index contributed by atoms with van der Waals surface area (Å²) >= 11 is 0. The van der Waals surface area contributed by atoms with E-state index in [0.29, 0.717) is 18.5 Å². The molecule has 2 aromatic carbocycles. The molecular formula is C21H19FN4O4. The van der Waals surface area contributed by atoms with E-state index in [-0.39, 0.29) is 29.4 Å². The number of halogens is 1. The first kappa shape index (κ1) is 19.6. The van der Waals surface area contributed by atoms with Gasteiger partial charge in [-0.3, -0.25) is 9.59 Å². The number of amides is 1. The molecule has 9 heteroatoms. The maximum absolute atomic E-state index is 13.7. The SMILES string of the molecule is O=C(Nc1ccc(C2CCC(C(=O)O)C2)cc1)c1nnc(Nc2ccccc2F)o1. The Bertz CT molecular complexity index is 1070. The number of hydrogen-bond acceptors (Lipinski definition) is 6. The van der Waals surface area contributed by atoms with E-state index in [1.54, 1.807) is 24.3 Å². The van der Waals surface area contributed by atoms with Crippen LogP contribution >= 0.6 is 0 Å². The van der Waals surface area contributed by atoms with Crippen molar-refractivity contribution < 1.29 is 23.5 Å². The standard InChI is InChI=1S/C21H19FN4O4/c22-16-3-1-2-4-17(16)24-21-26-25-19(30-21)18(27)23-15-9-7-12(8-10-15)13-5-6-14(11-13)20(28)29/h1-4,7-10,13-14H,5-6,11H2,(H,23,27)(H,24,26)(H,28,29). The quantitative estimate of drug-likeness (QED) is 0.558. The number of benzene rings is 2. The fourth-order valence-corrected chi connectivity index (χ4v) is 3.58. The van der Waals surface area contributed by atoms with Gasteiger partial charge in [-0.1, -0.05) is 29.4 Å². The number of para-hydroxylation sites is 1. The summed E-state index contributed by atoms with van der Waals surface area (Å²) in [6, 6.07) is 13.1. The first-order valence-corrected chi connectivity index (χ1v) is 9.49. The molecule has 0 aliphatic heterocycles. The second-order valence-corrected chi connectivity index (χ2v) is 7.14. The van der Waals surface area contributed by atoms with Crippen molar-refractivity contribution in [1.29, 1.82) is 0 Å². The minimum atomic E-state index is -0.746. The minimum absolute atomic E-state index is 0.102. The van der Waals surface area contributed by atoms with Crippen LogP contribution in [0.5, 0.6) is 0 Å². The van der Waals surface area contributed by atoms with Gasteiger partial charge < -0.3 is 20.2 Å². The summed E-state index contributed by atoms with van der Waals surface area (Å²) < 4.78 is 18.9. The lowest BCUT2D eigenvalue weighted by Gasteiger charge is -2.11. The second kappa shape index (κ2) is 8.32. The van der Waals surface area contributed by atoms with E-state index in [2.05, 4.69) is 20.8 Å². The molecule has 4 rings (SSSR count). The van der Waals surface area contributed by atoms with Crippen LogP contribution in [0.3, 0.4) is 0 Å². The third kappa shape index (κ3) is 4.29. The fraction of sp³-hybridized carbons (Fsp3) is 0.238. The zero-order chi connectivity index (χ0) is 21.1. The van der Waals surface area contributed by atoms with Gasteiger partial charge in [-0.15, -0.1) is 5.10 Å². The third-order valence-electron chi connectivity index (χ3n) is 5.16. The molecule has 2 atom stereocenters. The summed E-state index contributed by atoms with van der Waals surface area (Å²) in [6.45, 7) is 0. The lowest BCUT2D eigenvalue weighted by atomic mass is 9.96. The molecule has 2 unspecified atom stereocenters. The number of carbonyl (C=O) groups excluding carboxylic acids is 1. The van der Waals surface area contributed by atoms with E-state index in [4.69, 9.17) is 9.52 Å². The molecule has 1 heterocycles. The van der Waals surface area contributed by atoms with Crippen LogP contribution in [0.4, 0.5) is 21.8 Å². The molecule has 3 aromatic rings. The zero-order valence-corrected chi connectivity index (χ0v) is 15.8. The summed E-state index contributed by atoms with van der Waals surface area (Å²) in [5, 5.41) is 21.8. The molecule has 1 aromatic heterocycles. The van der Waals surface area contributed by atoms with Crippen LogP contribution in [0.25, 0.3) is 0 Å². The number of aliphatic carboxylic acids is 1. The molecule has 8 nitrogen and oxygen atoms in total. The summed E-state index contributed by atoms with van der Waals surface area (Å²) in [6.07, 6.45) is 2.14. The molecule has 1 aliphatic carbocycles. The molecule has 0 saturated heterocycles. The van der Waals surface area contributed by atoms with Crippen LogP contribution in [-0.2, 0) is 4.79 Å². The van der Waals surface area contributed by atoms with Gasteiger partial charge in [0.15, 0.2) is 0 Å². The Morgan fingerprint density at radius 1 is 1.07 bits per heavy atom. The number of hydrogen-bond donors (Lipinski definition) is 3. The van der Waals surface area contributed by atoms with Crippen LogP contribution in [-0.4, -0.2) is 27.2 Å². The summed E-state index contributed by atoms with van der Waals surface area (Å²) in [5.41, 5.74) is 1.74. The fourth-order valence-electron chi connectivity index (χ4n) is 3.58. The third-order valence-corrected chi connectivity index (χ3v) is 5.16. The molecule has 3 N–H and O–H groups in total. The maximum Gasteiger partial charge on any atom is 0.320 e. The molecule has 1 saturated carbocycles. The van der Waals surface area contributed by atoms with Gasteiger partial charge in [-0.25, -0.2) is 4.39 Å². The molecule has 0 radical (unpaired) electrons. The van der Waals surface area contributed by atoms with Gasteiger partial charge in [-0.05, 0) is 55.0 Å². The maximum atomic E-state index is 13.7. The highest BCUT2D eigenvalue weighted by Crippen LogP contribution is 2.38. The van der Waals surface area contributed by atoms with Gasteiger partial charge >= 0.3 is 23.8 Å². The number of carbonyl (C=O) groups is 2. The van der Waals surface area contributed by atoms with E-state index in [0.717, 1.165) is 12.0 Å².